The van der Waals surface area contributed by atoms with Gasteiger partial charge in [0.15, 0.2) is 0 Å². The fourth-order valence-corrected chi connectivity index (χ4v) is 1.42. The van der Waals surface area contributed by atoms with Crippen molar-refractivity contribution in [3.63, 3.8) is 0 Å². The molecule has 0 radical (unpaired) electrons. The zero-order valence-electron chi connectivity index (χ0n) is 6.99. The van der Waals surface area contributed by atoms with Gasteiger partial charge in [0.25, 0.3) is 0 Å². The molecule has 0 aliphatic rings. The topological polar surface area (TPSA) is 43.1 Å². The van der Waals surface area contributed by atoms with E-state index in [9.17, 15) is 23.3 Å². The van der Waals surface area contributed by atoms with Crippen LogP contribution < -0.4 is 4.46 Å². The van der Waals surface area contributed by atoms with Gasteiger partial charge in [-0.2, -0.15) is 0 Å². The molecule has 0 heterocycles. The summed E-state index contributed by atoms with van der Waals surface area (Å²) in [6.07, 6.45) is -4.56. The minimum absolute atomic E-state index is 0. The first kappa shape index (κ1) is 14.2. The molecule has 0 saturated carbocycles. The van der Waals surface area contributed by atoms with Crippen molar-refractivity contribution in [3.05, 3.63) is 33.9 Å². The van der Waals surface area contributed by atoms with Gasteiger partial charge in [0, 0.05) is 0 Å². The minimum atomic E-state index is -4.56. The van der Waals surface area contributed by atoms with Gasteiger partial charge in [-0.05, 0) is 0 Å². The molecule has 0 unspecified atom stereocenters. The molecule has 1 aromatic rings. The molecule has 0 aromatic heterocycles. The Kier molecular flexibility index (Phi) is 4.58. The van der Waals surface area contributed by atoms with Crippen molar-refractivity contribution in [3.8, 4) is 0 Å². The standard InChI is InChI=1S/C7H4F3NO2Se.ClH/c8-7(9,10)5-3-4(11(12)13)1-2-6(5)14;/h1-3,14H;1H. The Morgan fingerprint density at radius 1 is 1.33 bits per heavy atom. The molecule has 1 rings (SSSR count). The fraction of sp³-hybridized carbons (Fsp3) is 0.143. The van der Waals surface area contributed by atoms with Crippen molar-refractivity contribution < 1.29 is 18.1 Å². The normalized spacial score (nSPS) is 10.7. The summed E-state index contributed by atoms with van der Waals surface area (Å²) in [4.78, 5) is 9.37. The second kappa shape index (κ2) is 4.83. The van der Waals surface area contributed by atoms with E-state index in [1.807, 2.05) is 0 Å². The maximum absolute atomic E-state index is 12.3. The number of benzene rings is 1. The molecule has 0 saturated heterocycles. The SMILES string of the molecule is Cl.O=[N+]([O-])c1ccc([SeH])c(C(F)(F)F)c1. The van der Waals surface area contributed by atoms with E-state index in [-0.39, 0.29) is 16.9 Å². The van der Waals surface area contributed by atoms with Gasteiger partial charge >= 0.3 is 84.3 Å². The van der Waals surface area contributed by atoms with Crippen LogP contribution in [0.3, 0.4) is 0 Å². The molecule has 0 bridgehead atoms. The van der Waals surface area contributed by atoms with E-state index in [0.29, 0.717) is 6.07 Å². The van der Waals surface area contributed by atoms with E-state index >= 15 is 0 Å². The van der Waals surface area contributed by atoms with Gasteiger partial charge in [0.1, 0.15) is 0 Å². The van der Waals surface area contributed by atoms with Crippen LogP contribution in [0.2, 0.25) is 0 Å². The van der Waals surface area contributed by atoms with Gasteiger partial charge in [0.05, 0.1) is 0 Å². The summed E-state index contributed by atoms with van der Waals surface area (Å²) in [6, 6.07) is 2.61. The van der Waals surface area contributed by atoms with Crippen molar-refractivity contribution in [2.75, 3.05) is 0 Å². The first-order chi connectivity index (χ1) is 6.32. The molecular weight excluding hydrogens is 301 g/mol. The Hall–Kier alpha value is -0.781. The third-order valence-corrected chi connectivity index (χ3v) is 2.31. The summed E-state index contributed by atoms with van der Waals surface area (Å²) in [6.45, 7) is 0. The summed E-state index contributed by atoms with van der Waals surface area (Å²) in [5, 5.41) is 10.2. The summed E-state index contributed by atoms with van der Waals surface area (Å²) in [5.74, 6) is 0. The Morgan fingerprint density at radius 3 is 2.27 bits per heavy atom. The molecular formula is C7H5ClF3NO2Se. The zero-order valence-corrected chi connectivity index (χ0v) is 9.68. The number of rotatable bonds is 1. The van der Waals surface area contributed by atoms with Crippen LogP contribution in [0.5, 0.6) is 0 Å². The molecule has 0 aliphatic heterocycles. The van der Waals surface area contributed by atoms with Gasteiger partial charge in [-0.1, -0.05) is 0 Å². The Labute approximate surface area is 97.0 Å². The van der Waals surface area contributed by atoms with E-state index < -0.39 is 22.4 Å². The molecule has 84 valence electrons. The molecule has 0 amide bonds. The van der Waals surface area contributed by atoms with Crippen LogP contribution in [0.4, 0.5) is 18.9 Å². The van der Waals surface area contributed by atoms with E-state index in [4.69, 9.17) is 0 Å². The van der Waals surface area contributed by atoms with Gasteiger partial charge in [-0.15, -0.1) is 12.4 Å². The first-order valence-corrected chi connectivity index (χ1v) is 4.31. The van der Waals surface area contributed by atoms with Crippen molar-refractivity contribution in [2.24, 2.45) is 0 Å². The molecule has 0 aliphatic carbocycles. The third-order valence-electron chi connectivity index (χ3n) is 1.50. The molecule has 8 heteroatoms. The predicted octanol–water partition coefficient (Wildman–Crippen LogP) is 1.56. The Balaban J connectivity index is 0.00000196. The maximum atomic E-state index is 12.3. The van der Waals surface area contributed by atoms with Gasteiger partial charge in [-0.25, -0.2) is 0 Å². The van der Waals surface area contributed by atoms with Crippen molar-refractivity contribution in [1.82, 2.24) is 0 Å². The fourth-order valence-electron chi connectivity index (χ4n) is 0.865. The number of halogens is 4. The average molecular weight is 307 g/mol. The second-order valence-electron chi connectivity index (χ2n) is 2.46. The molecule has 3 nitrogen and oxygen atoms in total. The first-order valence-electron chi connectivity index (χ1n) is 3.37. The molecule has 0 atom stereocenters. The summed E-state index contributed by atoms with van der Waals surface area (Å²) in [7, 11) is 0. The van der Waals surface area contributed by atoms with Gasteiger partial charge in [-0.3, -0.25) is 0 Å². The van der Waals surface area contributed by atoms with E-state index in [1.165, 1.54) is 0 Å². The van der Waals surface area contributed by atoms with Gasteiger partial charge < -0.3 is 0 Å². The van der Waals surface area contributed by atoms with Crippen LogP contribution in [-0.2, 0) is 6.18 Å². The number of alkyl halides is 3. The number of hydrogen-bond donors (Lipinski definition) is 0. The number of nitrogens with zero attached hydrogens (tertiary/aromatic N) is 1. The van der Waals surface area contributed by atoms with Crippen LogP contribution in [0.15, 0.2) is 18.2 Å². The molecule has 0 spiro atoms. The quantitative estimate of drug-likeness (QED) is 0.449. The van der Waals surface area contributed by atoms with Crippen LogP contribution in [0.25, 0.3) is 0 Å². The molecule has 0 N–H and O–H groups in total. The van der Waals surface area contributed by atoms with Crippen LogP contribution in [-0.4, -0.2) is 20.9 Å². The Morgan fingerprint density at radius 2 is 1.87 bits per heavy atom. The third kappa shape index (κ3) is 3.37. The number of non-ortho nitro benzene ring substituents is 1. The molecule has 15 heavy (non-hydrogen) atoms. The predicted molar refractivity (Wildman–Crippen MR) is 52.1 cm³/mol. The summed E-state index contributed by atoms with van der Waals surface area (Å²) < 4.78 is 36.7. The van der Waals surface area contributed by atoms with Crippen molar-refractivity contribution in [1.29, 1.82) is 0 Å². The number of nitro benzene ring substituents is 1. The molecule has 1 aromatic carbocycles. The van der Waals surface area contributed by atoms with E-state index in [0.717, 1.165) is 12.1 Å². The number of hydrogen-bond acceptors (Lipinski definition) is 2. The van der Waals surface area contributed by atoms with Crippen LogP contribution in [0.1, 0.15) is 5.56 Å². The van der Waals surface area contributed by atoms with Crippen LogP contribution >= 0.6 is 12.4 Å². The average Bonchev–Trinajstić information content (AvgIpc) is 2.02. The monoisotopic (exact) mass is 307 g/mol. The van der Waals surface area contributed by atoms with Crippen LogP contribution in [0, 0.1) is 10.1 Å². The second-order valence-corrected chi connectivity index (χ2v) is 3.47. The van der Waals surface area contributed by atoms with Crippen molar-refractivity contribution >= 4 is 38.6 Å². The van der Waals surface area contributed by atoms with Crippen molar-refractivity contribution in [2.45, 2.75) is 6.18 Å². The van der Waals surface area contributed by atoms with E-state index in [2.05, 4.69) is 0 Å². The van der Waals surface area contributed by atoms with E-state index in [1.54, 1.807) is 16.0 Å². The Bertz CT molecular complexity index is 383. The summed E-state index contributed by atoms with van der Waals surface area (Å²) in [5.41, 5.74) is -1.56. The molecule has 0 fully saturated rings. The number of nitro groups is 1. The van der Waals surface area contributed by atoms with Gasteiger partial charge in [0.2, 0.25) is 0 Å². The summed E-state index contributed by atoms with van der Waals surface area (Å²) >= 11 is 1.73. The zero-order chi connectivity index (χ0) is 10.9.